The lowest BCUT2D eigenvalue weighted by molar-refractivity contribution is -0.121. The molecule has 0 aliphatic heterocycles. The molecule has 0 saturated heterocycles. The molecule has 1 aromatic rings. The van der Waals surface area contributed by atoms with Crippen molar-refractivity contribution in [3.05, 3.63) is 34.0 Å². The summed E-state index contributed by atoms with van der Waals surface area (Å²) in [4.78, 5) is 24.9. The highest BCUT2D eigenvalue weighted by Gasteiger charge is 2.35. The fourth-order valence-corrected chi connectivity index (χ4v) is 3.68. The van der Waals surface area contributed by atoms with Gasteiger partial charge in [0.2, 0.25) is 5.91 Å². The second kappa shape index (κ2) is 10.1. The van der Waals surface area contributed by atoms with Gasteiger partial charge in [0.15, 0.2) is 5.78 Å². The van der Waals surface area contributed by atoms with Crippen molar-refractivity contribution in [3.63, 3.8) is 0 Å². The van der Waals surface area contributed by atoms with E-state index in [0.717, 1.165) is 12.8 Å². The number of carbonyl (C=O) groups is 2. The van der Waals surface area contributed by atoms with Crippen LogP contribution >= 0.6 is 23.7 Å². The minimum atomic E-state index is -0.388. The normalized spacial score (nSPS) is 22.9. The van der Waals surface area contributed by atoms with Gasteiger partial charge in [-0.3, -0.25) is 9.59 Å². The largest absolute Gasteiger partial charge is 0.369 e. The Hall–Kier alpha value is -1.21. The van der Waals surface area contributed by atoms with Crippen molar-refractivity contribution in [3.8, 4) is 0 Å². The van der Waals surface area contributed by atoms with Gasteiger partial charge in [0, 0.05) is 18.5 Å². The van der Waals surface area contributed by atoms with Crippen molar-refractivity contribution in [2.45, 2.75) is 64.3 Å². The molecular weight excluding hydrogens is 360 g/mol. The van der Waals surface area contributed by atoms with E-state index in [4.69, 9.17) is 10.5 Å². The Bertz CT molecular complexity index is 599. The molecule has 1 aromatic heterocycles. The summed E-state index contributed by atoms with van der Waals surface area (Å²) in [6, 6.07) is 3.01. The molecule has 140 valence electrons. The van der Waals surface area contributed by atoms with Crippen molar-refractivity contribution in [1.82, 2.24) is 5.32 Å². The summed E-state index contributed by atoms with van der Waals surface area (Å²) in [6.45, 7) is 5.59. The lowest BCUT2D eigenvalue weighted by Gasteiger charge is -2.36. The molecule has 2 rings (SSSR count). The molecule has 0 saturated carbocycles. The summed E-state index contributed by atoms with van der Waals surface area (Å²) < 4.78 is 6.15. The van der Waals surface area contributed by atoms with Crippen LogP contribution in [0, 0.1) is 0 Å². The van der Waals surface area contributed by atoms with Gasteiger partial charge in [0.1, 0.15) is 0 Å². The fourth-order valence-electron chi connectivity index (χ4n) is 2.98. The lowest BCUT2D eigenvalue weighted by Crippen LogP contribution is -2.57. The minimum Gasteiger partial charge on any atom is -0.369 e. The number of ketones is 1. The Kier molecular flexibility index (Phi) is 8.79. The Balaban J connectivity index is 0.00000312. The van der Waals surface area contributed by atoms with E-state index in [-0.39, 0.29) is 48.4 Å². The molecule has 1 aliphatic carbocycles. The van der Waals surface area contributed by atoms with Crippen LogP contribution in [0.5, 0.6) is 0 Å². The quantitative estimate of drug-likeness (QED) is 0.705. The SMILES string of the molecule is CCC(CC)O[C@@H]1C=C(C(=O)c2cccs2)C[C@H](N)[C@H]1NC(C)=O.Cl. The van der Waals surface area contributed by atoms with Gasteiger partial charge in [0.05, 0.1) is 23.1 Å². The van der Waals surface area contributed by atoms with Crippen LogP contribution in [-0.2, 0) is 9.53 Å². The first kappa shape index (κ1) is 21.8. The van der Waals surface area contributed by atoms with Gasteiger partial charge in [-0.15, -0.1) is 23.7 Å². The van der Waals surface area contributed by atoms with E-state index < -0.39 is 0 Å². The average molecular weight is 387 g/mol. The van der Waals surface area contributed by atoms with E-state index >= 15 is 0 Å². The number of nitrogens with two attached hydrogens (primary N) is 1. The zero-order valence-electron chi connectivity index (χ0n) is 14.9. The third-order valence-electron chi connectivity index (χ3n) is 4.30. The van der Waals surface area contributed by atoms with Crippen LogP contribution in [0.25, 0.3) is 0 Å². The van der Waals surface area contributed by atoms with Crippen molar-refractivity contribution >= 4 is 35.4 Å². The summed E-state index contributed by atoms with van der Waals surface area (Å²) in [5.74, 6) is -0.144. The second-order valence-electron chi connectivity index (χ2n) is 6.13. The lowest BCUT2D eigenvalue weighted by atomic mass is 9.86. The number of amides is 1. The molecule has 1 aliphatic rings. The summed E-state index contributed by atoms with van der Waals surface area (Å²) in [6.07, 6.45) is 3.72. The maximum absolute atomic E-state index is 12.6. The van der Waals surface area contributed by atoms with Gasteiger partial charge >= 0.3 is 0 Å². The highest BCUT2D eigenvalue weighted by Crippen LogP contribution is 2.26. The van der Waals surface area contributed by atoms with Crippen LogP contribution in [0.4, 0.5) is 0 Å². The number of carbonyl (C=O) groups excluding carboxylic acids is 2. The van der Waals surface area contributed by atoms with Crippen LogP contribution in [-0.4, -0.2) is 36.0 Å². The van der Waals surface area contributed by atoms with E-state index in [2.05, 4.69) is 19.2 Å². The Morgan fingerprint density at radius 1 is 1.40 bits per heavy atom. The molecule has 0 aromatic carbocycles. The van der Waals surface area contributed by atoms with Crippen molar-refractivity contribution in [1.29, 1.82) is 0 Å². The van der Waals surface area contributed by atoms with E-state index in [0.29, 0.717) is 16.9 Å². The number of Topliss-reactive ketones (excluding diaryl/α,β-unsaturated/α-hetero) is 1. The predicted octanol–water partition coefficient (Wildman–Crippen LogP) is 3.09. The van der Waals surface area contributed by atoms with E-state index in [1.807, 2.05) is 23.6 Å². The summed E-state index contributed by atoms with van der Waals surface area (Å²) in [7, 11) is 0. The summed E-state index contributed by atoms with van der Waals surface area (Å²) in [5.41, 5.74) is 6.94. The molecule has 7 heteroatoms. The molecule has 0 unspecified atom stereocenters. The third-order valence-corrected chi connectivity index (χ3v) is 5.17. The first-order valence-corrected chi connectivity index (χ1v) is 9.31. The highest BCUT2D eigenvalue weighted by molar-refractivity contribution is 7.12. The molecule has 25 heavy (non-hydrogen) atoms. The molecule has 0 fully saturated rings. The van der Waals surface area contributed by atoms with Crippen LogP contribution in [0.3, 0.4) is 0 Å². The Morgan fingerprint density at radius 2 is 2.08 bits per heavy atom. The molecule has 3 N–H and O–H groups in total. The van der Waals surface area contributed by atoms with Crippen LogP contribution in [0.2, 0.25) is 0 Å². The molecule has 1 heterocycles. The molecule has 3 atom stereocenters. The monoisotopic (exact) mass is 386 g/mol. The van der Waals surface area contributed by atoms with Crippen LogP contribution in [0.1, 0.15) is 49.7 Å². The zero-order chi connectivity index (χ0) is 17.7. The number of nitrogens with one attached hydrogen (secondary N) is 1. The van der Waals surface area contributed by atoms with Crippen molar-refractivity contribution < 1.29 is 14.3 Å². The third kappa shape index (κ3) is 5.64. The highest BCUT2D eigenvalue weighted by atomic mass is 35.5. The molecule has 0 spiro atoms. The van der Waals surface area contributed by atoms with Gasteiger partial charge in [0.25, 0.3) is 0 Å². The Morgan fingerprint density at radius 3 is 2.60 bits per heavy atom. The van der Waals surface area contributed by atoms with Crippen molar-refractivity contribution in [2.75, 3.05) is 0 Å². The smallest absolute Gasteiger partial charge is 0.217 e. The van der Waals surface area contributed by atoms with E-state index in [1.54, 1.807) is 0 Å². The van der Waals surface area contributed by atoms with Gasteiger partial charge < -0.3 is 15.8 Å². The standard InChI is InChI=1S/C18H26N2O3S.ClH/c1-4-13(5-2)23-15-10-12(18(22)16-7-6-8-24-16)9-14(19)17(15)20-11(3)21;/h6-8,10,13-15,17H,4-5,9,19H2,1-3H3,(H,20,21);1H/t14-,15+,17+;/m0./s1. The fraction of sp³-hybridized carbons (Fsp3) is 0.556. The summed E-state index contributed by atoms with van der Waals surface area (Å²) >= 11 is 1.42. The molecular formula is C18H27ClN2O3S. The van der Waals surface area contributed by atoms with Crippen LogP contribution in [0.15, 0.2) is 29.2 Å². The van der Waals surface area contributed by atoms with Crippen LogP contribution < -0.4 is 11.1 Å². The van der Waals surface area contributed by atoms with E-state index in [1.165, 1.54) is 18.3 Å². The first-order chi connectivity index (χ1) is 11.5. The maximum atomic E-state index is 12.6. The number of halogens is 1. The second-order valence-corrected chi connectivity index (χ2v) is 7.08. The summed E-state index contributed by atoms with van der Waals surface area (Å²) in [5, 5.41) is 4.77. The number of thiophene rings is 1. The average Bonchev–Trinajstić information content (AvgIpc) is 3.08. The number of ether oxygens (including phenoxy) is 1. The van der Waals surface area contributed by atoms with Gasteiger partial charge in [-0.05, 0) is 36.8 Å². The van der Waals surface area contributed by atoms with Gasteiger partial charge in [-0.2, -0.15) is 0 Å². The Labute approximate surface area is 159 Å². The molecule has 1 amide bonds. The topological polar surface area (TPSA) is 81.4 Å². The number of rotatable bonds is 7. The van der Waals surface area contributed by atoms with Gasteiger partial charge in [-0.25, -0.2) is 0 Å². The number of hydrogen-bond donors (Lipinski definition) is 2. The van der Waals surface area contributed by atoms with Crippen molar-refractivity contribution in [2.24, 2.45) is 5.73 Å². The minimum absolute atomic E-state index is 0. The first-order valence-electron chi connectivity index (χ1n) is 8.43. The van der Waals surface area contributed by atoms with E-state index in [9.17, 15) is 9.59 Å². The molecule has 0 radical (unpaired) electrons. The predicted molar refractivity (Wildman–Crippen MR) is 103 cm³/mol. The maximum Gasteiger partial charge on any atom is 0.217 e. The van der Waals surface area contributed by atoms with Gasteiger partial charge in [-0.1, -0.05) is 19.9 Å². The zero-order valence-corrected chi connectivity index (χ0v) is 16.5. The number of hydrogen-bond acceptors (Lipinski definition) is 5. The molecule has 0 bridgehead atoms. The molecule has 5 nitrogen and oxygen atoms in total.